The molecule has 5 nitrogen and oxygen atoms in total. The predicted octanol–water partition coefficient (Wildman–Crippen LogP) is 2.37. The van der Waals surface area contributed by atoms with Gasteiger partial charge in [0.1, 0.15) is 17.1 Å². The molecule has 0 aliphatic carbocycles. The second kappa shape index (κ2) is 6.56. The molecule has 8 heteroatoms. The smallest absolute Gasteiger partial charge is 0.433 e. The number of alkyl halides is 3. The van der Waals surface area contributed by atoms with Gasteiger partial charge in [-0.15, -0.1) is 0 Å². The minimum Gasteiger partial charge on any atom is -0.478 e. The zero-order valence-electron chi connectivity index (χ0n) is 10.7. The second-order valence-electron chi connectivity index (χ2n) is 4.17. The van der Waals surface area contributed by atoms with Crippen LogP contribution in [0.25, 0.3) is 0 Å². The van der Waals surface area contributed by atoms with Gasteiger partial charge in [0.05, 0.1) is 6.10 Å². The van der Waals surface area contributed by atoms with Crippen LogP contribution in [-0.4, -0.2) is 33.8 Å². The Balaban J connectivity index is 2.92. The van der Waals surface area contributed by atoms with Crippen LogP contribution in [0.3, 0.4) is 0 Å². The minimum atomic E-state index is -4.64. The summed E-state index contributed by atoms with van der Waals surface area (Å²) in [5.74, 6) is -1.72. The molecular weight excluding hydrogens is 277 g/mol. The van der Waals surface area contributed by atoms with E-state index < -0.39 is 23.9 Å². The van der Waals surface area contributed by atoms with E-state index in [1.54, 1.807) is 6.92 Å². The van der Waals surface area contributed by atoms with Crippen LogP contribution in [0.2, 0.25) is 0 Å². The summed E-state index contributed by atoms with van der Waals surface area (Å²) in [5.41, 5.74) is -1.51. The summed E-state index contributed by atoms with van der Waals surface area (Å²) in [6, 6.07) is 1.48. The molecular formula is C12H15F3N2O3. The van der Waals surface area contributed by atoms with Crippen molar-refractivity contribution in [1.82, 2.24) is 4.98 Å². The van der Waals surface area contributed by atoms with Crippen LogP contribution in [0, 0.1) is 0 Å². The van der Waals surface area contributed by atoms with Gasteiger partial charge in [0.2, 0.25) is 0 Å². The highest BCUT2D eigenvalue weighted by atomic mass is 19.4. The van der Waals surface area contributed by atoms with E-state index in [1.807, 2.05) is 0 Å². The van der Waals surface area contributed by atoms with E-state index in [-0.39, 0.29) is 24.3 Å². The SMILES string of the molecule is CCC(O)CCNc1nc(C(F)(F)F)ccc1C(=O)O. The summed E-state index contributed by atoms with van der Waals surface area (Å²) in [7, 11) is 0. The van der Waals surface area contributed by atoms with Gasteiger partial charge in [-0.2, -0.15) is 13.2 Å². The number of nitrogens with zero attached hydrogens (tertiary/aromatic N) is 1. The van der Waals surface area contributed by atoms with E-state index >= 15 is 0 Å². The van der Waals surface area contributed by atoms with Crippen molar-refractivity contribution in [2.45, 2.75) is 32.0 Å². The first-order chi connectivity index (χ1) is 9.25. The molecule has 0 aliphatic heterocycles. The van der Waals surface area contributed by atoms with Gasteiger partial charge in [0.25, 0.3) is 0 Å². The predicted molar refractivity (Wildman–Crippen MR) is 65.6 cm³/mol. The van der Waals surface area contributed by atoms with Crippen LogP contribution in [0.5, 0.6) is 0 Å². The van der Waals surface area contributed by atoms with Crippen LogP contribution in [0.1, 0.15) is 35.8 Å². The average molecular weight is 292 g/mol. The highest BCUT2D eigenvalue weighted by Crippen LogP contribution is 2.29. The van der Waals surface area contributed by atoms with Crippen LogP contribution in [-0.2, 0) is 6.18 Å². The molecule has 112 valence electrons. The highest BCUT2D eigenvalue weighted by molar-refractivity contribution is 5.93. The molecule has 0 spiro atoms. The number of hydrogen-bond acceptors (Lipinski definition) is 4. The monoisotopic (exact) mass is 292 g/mol. The van der Waals surface area contributed by atoms with Crippen LogP contribution >= 0.6 is 0 Å². The number of anilines is 1. The van der Waals surface area contributed by atoms with Gasteiger partial charge in [0, 0.05) is 6.54 Å². The molecule has 1 aromatic rings. The maximum absolute atomic E-state index is 12.5. The van der Waals surface area contributed by atoms with Crippen molar-refractivity contribution in [2.24, 2.45) is 0 Å². The molecule has 0 amide bonds. The van der Waals surface area contributed by atoms with Gasteiger partial charge in [-0.25, -0.2) is 9.78 Å². The number of aromatic nitrogens is 1. The summed E-state index contributed by atoms with van der Waals surface area (Å²) in [4.78, 5) is 14.2. The van der Waals surface area contributed by atoms with E-state index in [1.165, 1.54) is 0 Å². The molecule has 0 radical (unpaired) electrons. The molecule has 0 saturated carbocycles. The fourth-order valence-corrected chi connectivity index (χ4v) is 1.49. The largest absolute Gasteiger partial charge is 0.478 e. The summed E-state index contributed by atoms with van der Waals surface area (Å²) in [5, 5.41) is 20.8. The molecule has 0 saturated heterocycles. The summed E-state index contributed by atoms with van der Waals surface area (Å²) >= 11 is 0. The lowest BCUT2D eigenvalue weighted by Crippen LogP contribution is -2.17. The topological polar surface area (TPSA) is 82.5 Å². The molecule has 0 aliphatic rings. The Morgan fingerprint density at radius 3 is 2.60 bits per heavy atom. The average Bonchev–Trinajstić information content (AvgIpc) is 2.37. The van der Waals surface area contributed by atoms with Crippen molar-refractivity contribution in [3.63, 3.8) is 0 Å². The van der Waals surface area contributed by atoms with Gasteiger partial charge >= 0.3 is 12.1 Å². The van der Waals surface area contributed by atoms with E-state index in [2.05, 4.69) is 10.3 Å². The minimum absolute atomic E-state index is 0.129. The highest BCUT2D eigenvalue weighted by Gasteiger charge is 2.33. The van der Waals surface area contributed by atoms with Crippen molar-refractivity contribution in [3.8, 4) is 0 Å². The number of carbonyl (C=O) groups is 1. The lowest BCUT2D eigenvalue weighted by Gasteiger charge is -2.13. The second-order valence-corrected chi connectivity index (χ2v) is 4.17. The molecule has 1 unspecified atom stereocenters. The molecule has 1 heterocycles. The summed E-state index contributed by atoms with van der Waals surface area (Å²) < 4.78 is 37.6. The van der Waals surface area contributed by atoms with Gasteiger partial charge < -0.3 is 15.5 Å². The quantitative estimate of drug-likeness (QED) is 0.750. The third kappa shape index (κ3) is 4.37. The lowest BCUT2D eigenvalue weighted by molar-refractivity contribution is -0.141. The Morgan fingerprint density at radius 2 is 2.10 bits per heavy atom. The molecule has 20 heavy (non-hydrogen) atoms. The first kappa shape index (κ1) is 16.2. The maximum atomic E-state index is 12.5. The van der Waals surface area contributed by atoms with Crippen molar-refractivity contribution < 1.29 is 28.2 Å². The third-order valence-electron chi connectivity index (χ3n) is 2.66. The van der Waals surface area contributed by atoms with Crippen LogP contribution in [0.4, 0.5) is 19.0 Å². The molecule has 1 rings (SSSR count). The zero-order valence-corrected chi connectivity index (χ0v) is 10.7. The normalized spacial score (nSPS) is 13.1. The zero-order chi connectivity index (χ0) is 15.3. The number of carboxylic acids is 1. The van der Waals surface area contributed by atoms with Gasteiger partial charge in [-0.05, 0) is 25.0 Å². The Morgan fingerprint density at radius 1 is 1.45 bits per heavy atom. The molecule has 1 atom stereocenters. The van der Waals surface area contributed by atoms with E-state index in [4.69, 9.17) is 5.11 Å². The molecule has 0 bridgehead atoms. The van der Waals surface area contributed by atoms with Gasteiger partial charge in [-0.3, -0.25) is 0 Å². The molecule has 1 aromatic heterocycles. The van der Waals surface area contributed by atoms with E-state index in [0.29, 0.717) is 12.5 Å². The number of halogens is 3. The fraction of sp³-hybridized carbons (Fsp3) is 0.500. The fourth-order valence-electron chi connectivity index (χ4n) is 1.49. The van der Waals surface area contributed by atoms with Crippen molar-refractivity contribution in [3.05, 3.63) is 23.4 Å². The van der Waals surface area contributed by atoms with Crippen LogP contribution in [0.15, 0.2) is 12.1 Å². The lowest BCUT2D eigenvalue weighted by atomic mass is 10.2. The maximum Gasteiger partial charge on any atom is 0.433 e. The Labute approximate surface area is 113 Å². The van der Waals surface area contributed by atoms with Crippen molar-refractivity contribution >= 4 is 11.8 Å². The molecule has 3 N–H and O–H groups in total. The number of aromatic carboxylic acids is 1. The number of aliphatic hydroxyl groups is 1. The standard InChI is InChI=1S/C12H15F3N2O3/c1-2-7(18)5-6-16-10-8(11(19)20)3-4-9(17-10)12(13,14)15/h3-4,7,18H,2,5-6H2,1H3,(H,16,17)(H,19,20). The van der Waals surface area contributed by atoms with Crippen LogP contribution < -0.4 is 5.32 Å². The van der Waals surface area contributed by atoms with E-state index in [0.717, 1.165) is 6.07 Å². The third-order valence-corrected chi connectivity index (χ3v) is 2.66. The summed E-state index contributed by atoms with van der Waals surface area (Å²) in [6.07, 6.45) is -4.45. The Hall–Kier alpha value is -1.83. The summed E-state index contributed by atoms with van der Waals surface area (Å²) in [6.45, 7) is 1.89. The number of pyridine rings is 1. The molecule has 0 fully saturated rings. The van der Waals surface area contributed by atoms with Crippen molar-refractivity contribution in [2.75, 3.05) is 11.9 Å². The van der Waals surface area contributed by atoms with Gasteiger partial charge in [-0.1, -0.05) is 6.92 Å². The number of hydrogen-bond donors (Lipinski definition) is 3. The van der Waals surface area contributed by atoms with Gasteiger partial charge in [0.15, 0.2) is 0 Å². The number of aliphatic hydroxyl groups excluding tert-OH is 1. The van der Waals surface area contributed by atoms with Crippen molar-refractivity contribution in [1.29, 1.82) is 0 Å². The number of rotatable bonds is 6. The first-order valence-corrected chi connectivity index (χ1v) is 5.99. The number of carboxylic acid groups (broad SMARTS) is 1. The molecule has 0 aromatic carbocycles. The number of nitrogens with one attached hydrogen (secondary N) is 1. The first-order valence-electron chi connectivity index (χ1n) is 5.99. The Kier molecular flexibility index (Phi) is 5.32. The van der Waals surface area contributed by atoms with E-state index in [9.17, 15) is 23.1 Å². The Bertz CT molecular complexity index is 478.